The second-order valence-corrected chi connectivity index (χ2v) is 6.66. The normalized spacial score (nSPS) is 10.7. The highest BCUT2D eigenvalue weighted by Crippen LogP contribution is 2.28. The zero-order chi connectivity index (χ0) is 13.8. The summed E-state index contributed by atoms with van der Waals surface area (Å²) in [5.74, 6) is 0.888. The minimum Gasteiger partial charge on any atom is -0.240 e. The third kappa shape index (κ3) is 3.42. The molecule has 0 aliphatic carbocycles. The maximum Gasteiger partial charge on any atom is 0.104 e. The quantitative estimate of drug-likeness (QED) is 0.568. The number of thioether (sulfide) groups is 1. The zero-order valence-electron chi connectivity index (χ0n) is 10.6. The molecule has 0 saturated carbocycles. The van der Waals surface area contributed by atoms with Crippen LogP contribution in [0, 0.1) is 0 Å². The summed E-state index contributed by atoms with van der Waals surface area (Å²) < 4.78 is 0. The van der Waals surface area contributed by atoms with Crippen LogP contribution in [-0.4, -0.2) is 4.98 Å². The van der Waals surface area contributed by atoms with Crippen LogP contribution in [0.15, 0.2) is 64.9 Å². The van der Waals surface area contributed by atoms with Crippen LogP contribution in [0.2, 0.25) is 5.02 Å². The van der Waals surface area contributed by atoms with Crippen molar-refractivity contribution in [2.75, 3.05) is 0 Å². The predicted octanol–water partition coefficient (Wildman–Crippen LogP) is 5.76. The highest BCUT2D eigenvalue weighted by atomic mass is 35.5. The van der Waals surface area contributed by atoms with E-state index < -0.39 is 0 Å². The Hall–Kier alpha value is -1.29. The minimum absolute atomic E-state index is 0.773. The molecule has 0 atom stereocenters. The van der Waals surface area contributed by atoms with E-state index in [4.69, 9.17) is 11.6 Å². The molecule has 0 unspecified atom stereocenters. The van der Waals surface area contributed by atoms with Gasteiger partial charge in [-0.25, -0.2) is 4.98 Å². The highest BCUT2D eigenvalue weighted by molar-refractivity contribution is 7.98. The van der Waals surface area contributed by atoms with Crippen LogP contribution in [0.25, 0.3) is 11.3 Å². The SMILES string of the molecule is Clc1ccc(SCc2nc(-c3ccccc3)cs2)cc1. The fourth-order valence-corrected chi connectivity index (χ4v) is 3.64. The van der Waals surface area contributed by atoms with Crippen molar-refractivity contribution in [3.05, 3.63) is 70.0 Å². The molecule has 0 fully saturated rings. The van der Waals surface area contributed by atoms with Crippen LogP contribution in [0.1, 0.15) is 5.01 Å². The van der Waals surface area contributed by atoms with Gasteiger partial charge in [0, 0.05) is 20.9 Å². The minimum atomic E-state index is 0.773. The first-order valence-electron chi connectivity index (χ1n) is 6.19. The van der Waals surface area contributed by atoms with Crippen LogP contribution in [-0.2, 0) is 5.75 Å². The van der Waals surface area contributed by atoms with Gasteiger partial charge in [-0.05, 0) is 24.3 Å². The summed E-state index contributed by atoms with van der Waals surface area (Å²) in [6.07, 6.45) is 0. The fraction of sp³-hybridized carbons (Fsp3) is 0.0625. The molecular weight excluding hydrogens is 306 g/mol. The highest BCUT2D eigenvalue weighted by Gasteiger charge is 2.04. The first kappa shape index (κ1) is 13.7. The van der Waals surface area contributed by atoms with Gasteiger partial charge in [-0.15, -0.1) is 23.1 Å². The lowest BCUT2D eigenvalue weighted by atomic mass is 10.2. The van der Waals surface area contributed by atoms with Crippen molar-refractivity contribution < 1.29 is 0 Å². The molecule has 0 saturated heterocycles. The lowest BCUT2D eigenvalue weighted by Gasteiger charge is -1.99. The second-order valence-electron chi connectivity index (χ2n) is 4.24. The number of halogens is 1. The molecule has 0 aliphatic rings. The average molecular weight is 318 g/mol. The van der Waals surface area contributed by atoms with Crippen LogP contribution >= 0.6 is 34.7 Å². The number of rotatable bonds is 4. The number of aromatic nitrogens is 1. The van der Waals surface area contributed by atoms with Gasteiger partial charge in [0.2, 0.25) is 0 Å². The van der Waals surface area contributed by atoms with Crippen molar-refractivity contribution in [1.82, 2.24) is 4.98 Å². The Morgan fingerprint density at radius 3 is 2.50 bits per heavy atom. The van der Waals surface area contributed by atoms with Crippen molar-refractivity contribution in [1.29, 1.82) is 0 Å². The summed E-state index contributed by atoms with van der Waals surface area (Å²) in [6.45, 7) is 0. The lowest BCUT2D eigenvalue weighted by Crippen LogP contribution is -1.81. The van der Waals surface area contributed by atoms with Gasteiger partial charge in [0.25, 0.3) is 0 Å². The molecular formula is C16H12ClNS2. The number of benzene rings is 2. The largest absolute Gasteiger partial charge is 0.240 e. The molecule has 2 aromatic carbocycles. The Kier molecular flexibility index (Phi) is 4.41. The van der Waals surface area contributed by atoms with Crippen molar-refractivity contribution in [2.24, 2.45) is 0 Å². The molecule has 3 rings (SSSR count). The number of thiazole rings is 1. The first-order chi connectivity index (χ1) is 9.81. The molecule has 0 aliphatic heterocycles. The van der Waals surface area contributed by atoms with Gasteiger partial charge < -0.3 is 0 Å². The Balaban J connectivity index is 1.67. The topological polar surface area (TPSA) is 12.9 Å². The maximum absolute atomic E-state index is 5.88. The third-order valence-electron chi connectivity index (χ3n) is 2.80. The van der Waals surface area contributed by atoms with Gasteiger partial charge in [-0.3, -0.25) is 0 Å². The van der Waals surface area contributed by atoms with Gasteiger partial charge in [0.05, 0.1) is 11.4 Å². The smallest absolute Gasteiger partial charge is 0.104 e. The average Bonchev–Trinajstić information content (AvgIpc) is 2.97. The van der Waals surface area contributed by atoms with E-state index in [2.05, 4.69) is 22.5 Å². The number of nitrogens with zero attached hydrogens (tertiary/aromatic N) is 1. The summed E-state index contributed by atoms with van der Waals surface area (Å²) in [7, 11) is 0. The molecule has 0 N–H and O–H groups in total. The Morgan fingerprint density at radius 2 is 1.75 bits per heavy atom. The monoisotopic (exact) mass is 317 g/mol. The summed E-state index contributed by atoms with van der Waals surface area (Å²) in [4.78, 5) is 5.90. The Bertz CT molecular complexity index is 677. The van der Waals surface area contributed by atoms with E-state index in [1.165, 1.54) is 10.5 Å². The van der Waals surface area contributed by atoms with Gasteiger partial charge >= 0.3 is 0 Å². The molecule has 1 aromatic heterocycles. The van der Waals surface area contributed by atoms with Crippen molar-refractivity contribution >= 4 is 34.7 Å². The fourth-order valence-electron chi connectivity index (χ4n) is 1.79. The Morgan fingerprint density at radius 1 is 1.00 bits per heavy atom. The van der Waals surface area contributed by atoms with Gasteiger partial charge in [0.1, 0.15) is 5.01 Å². The summed E-state index contributed by atoms with van der Waals surface area (Å²) in [5, 5.41) is 4.03. The molecule has 0 amide bonds. The lowest BCUT2D eigenvalue weighted by molar-refractivity contribution is 1.26. The summed E-state index contributed by atoms with van der Waals surface area (Å²) in [5.41, 5.74) is 2.23. The van der Waals surface area contributed by atoms with Gasteiger partial charge in [-0.2, -0.15) is 0 Å². The molecule has 1 heterocycles. The predicted molar refractivity (Wildman–Crippen MR) is 88.6 cm³/mol. The third-order valence-corrected chi connectivity index (χ3v) is 5.10. The Labute approximate surface area is 131 Å². The van der Waals surface area contributed by atoms with Crippen molar-refractivity contribution in [2.45, 2.75) is 10.6 Å². The van der Waals surface area contributed by atoms with E-state index in [9.17, 15) is 0 Å². The summed E-state index contributed by atoms with van der Waals surface area (Å²) in [6, 6.07) is 18.2. The van der Waals surface area contributed by atoms with Crippen LogP contribution in [0.4, 0.5) is 0 Å². The van der Waals surface area contributed by atoms with E-state index in [1.54, 1.807) is 23.1 Å². The molecule has 3 aromatic rings. The van der Waals surface area contributed by atoms with Gasteiger partial charge in [0.15, 0.2) is 0 Å². The standard InChI is InChI=1S/C16H12ClNS2/c17-13-6-8-14(9-7-13)19-11-16-18-15(10-20-16)12-4-2-1-3-5-12/h1-10H,11H2. The van der Waals surface area contributed by atoms with E-state index in [-0.39, 0.29) is 0 Å². The number of hydrogen-bond donors (Lipinski definition) is 0. The molecule has 0 bridgehead atoms. The van der Waals surface area contributed by atoms with Gasteiger partial charge in [-0.1, -0.05) is 41.9 Å². The molecule has 4 heteroatoms. The van der Waals surface area contributed by atoms with Crippen LogP contribution in [0.5, 0.6) is 0 Å². The van der Waals surface area contributed by atoms with E-state index in [0.717, 1.165) is 21.5 Å². The number of hydrogen-bond acceptors (Lipinski definition) is 3. The first-order valence-corrected chi connectivity index (χ1v) is 8.44. The second kappa shape index (κ2) is 6.44. The molecule has 0 spiro atoms. The zero-order valence-corrected chi connectivity index (χ0v) is 13.0. The van der Waals surface area contributed by atoms with E-state index in [1.807, 2.05) is 42.5 Å². The van der Waals surface area contributed by atoms with Crippen molar-refractivity contribution in [3.63, 3.8) is 0 Å². The molecule has 100 valence electrons. The molecule has 0 radical (unpaired) electrons. The van der Waals surface area contributed by atoms with E-state index in [0.29, 0.717) is 0 Å². The summed E-state index contributed by atoms with van der Waals surface area (Å²) >= 11 is 9.37. The van der Waals surface area contributed by atoms with Crippen molar-refractivity contribution in [3.8, 4) is 11.3 Å². The van der Waals surface area contributed by atoms with E-state index >= 15 is 0 Å². The van der Waals surface area contributed by atoms with Crippen LogP contribution in [0.3, 0.4) is 0 Å². The molecule has 20 heavy (non-hydrogen) atoms. The van der Waals surface area contributed by atoms with Crippen LogP contribution < -0.4 is 0 Å². The molecule has 1 nitrogen and oxygen atoms in total. The maximum atomic E-state index is 5.88.